The molecule has 6 rings (SSSR count). The van der Waals surface area contributed by atoms with Gasteiger partial charge in [0.2, 0.25) is 0 Å². The summed E-state index contributed by atoms with van der Waals surface area (Å²) in [6, 6.07) is 7.49. The average Bonchev–Trinajstić information content (AvgIpc) is 3.73. The molecule has 0 saturated heterocycles. The van der Waals surface area contributed by atoms with Crippen LogP contribution in [-0.4, -0.2) is 55.0 Å². The number of nitrogens with zero attached hydrogens (tertiary/aromatic N) is 6. The lowest BCUT2D eigenvalue weighted by Gasteiger charge is -2.46. The van der Waals surface area contributed by atoms with Gasteiger partial charge in [0.15, 0.2) is 11.6 Å². The fourth-order valence-electron chi connectivity index (χ4n) is 5.88. The molecule has 0 radical (unpaired) electrons. The summed E-state index contributed by atoms with van der Waals surface area (Å²) in [5.74, 6) is 1.86. The van der Waals surface area contributed by atoms with Crippen molar-refractivity contribution < 1.29 is 9.50 Å². The lowest BCUT2D eigenvalue weighted by Crippen LogP contribution is -2.52. The molecular weight excluding hydrogens is 463 g/mol. The van der Waals surface area contributed by atoms with Gasteiger partial charge in [-0.25, -0.2) is 9.37 Å². The molecule has 3 fully saturated rings. The second kappa shape index (κ2) is 9.33. The van der Waals surface area contributed by atoms with E-state index in [-0.39, 0.29) is 17.7 Å². The van der Waals surface area contributed by atoms with E-state index in [1.54, 1.807) is 24.5 Å². The smallest absolute Gasteiger partial charge is 0.185 e. The molecule has 2 bridgehead atoms. The maximum absolute atomic E-state index is 15.5. The number of benzene rings is 1. The van der Waals surface area contributed by atoms with Crippen molar-refractivity contribution in [3.05, 3.63) is 36.7 Å². The molecule has 0 aliphatic heterocycles. The molecule has 0 unspecified atom stereocenters. The molecule has 3 aliphatic carbocycles. The van der Waals surface area contributed by atoms with E-state index < -0.39 is 6.17 Å². The lowest BCUT2D eigenvalue weighted by atomic mass is 9.69. The number of phenols is 1. The highest BCUT2D eigenvalue weighted by Crippen LogP contribution is 2.46. The zero-order chi connectivity index (χ0) is 23.9. The van der Waals surface area contributed by atoms with Crippen LogP contribution in [-0.2, 0) is 0 Å². The van der Waals surface area contributed by atoms with Gasteiger partial charge in [-0.15, -0.1) is 27.1 Å². The Morgan fingerprint density at radius 1 is 1.00 bits per heavy atom. The number of fused-ring (bicyclic) bond motifs is 2. The van der Waals surface area contributed by atoms with E-state index in [0.717, 1.165) is 54.7 Å². The summed E-state index contributed by atoms with van der Waals surface area (Å²) in [5, 5.41) is 28.5. The topological polar surface area (TPSA) is 87.9 Å². The third-order valence-electron chi connectivity index (χ3n) is 7.74. The average molecular weight is 493 g/mol. The van der Waals surface area contributed by atoms with Crippen LogP contribution in [0, 0.1) is 11.8 Å². The van der Waals surface area contributed by atoms with Gasteiger partial charge in [0.1, 0.15) is 16.9 Å². The zero-order valence-corrected chi connectivity index (χ0v) is 20.5. The van der Waals surface area contributed by atoms with Crippen molar-refractivity contribution >= 4 is 17.6 Å². The quantitative estimate of drug-likeness (QED) is 0.463. The fraction of sp³-hybridized carbons (Fsp3) is 0.500. The van der Waals surface area contributed by atoms with Gasteiger partial charge in [0.25, 0.3) is 0 Å². The van der Waals surface area contributed by atoms with Crippen LogP contribution in [0.5, 0.6) is 5.75 Å². The molecule has 3 saturated carbocycles. The highest BCUT2D eigenvalue weighted by Gasteiger charge is 2.46. The maximum Gasteiger partial charge on any atom is 0.185 e. The minimum atomic E-state index is -0.820. The molecule has 35 heavy (non-hydrogen) atoms. The standard InChI is InChI=1S/C26H29FN6OS/c1-35-24-12-18(13-29-31-24)16-5-8-20(22(34)11-16)26-28-14-23(30-32-26)33(19-6-7-19)21-10-15-3-2-4-17(9-15)25(21)27/h5,8,11-15,17,19,21,25,34H,2-4,6-7,9-10H2,1H3/t15-,17+,21+,25-/m1/s1. The van der Waals surface area contributed by atoms with Gasteiger partial charge in [-0.05, 0) is 74.0 Å². The summed E-state index contributed by atoms with van der Waals surface area (Å²) in [7, 11) is 0. The Hall–Kier alpha value is -2.81. The molecule has 3 aromatic rings. The first-order valence-corrected chi connectivity index (χ1v) is 13.7. The number of aromatic nitrogens is 5. The van der Waals surface area contributed by atoms with Gasteiger partial charge in [-0.1, -0.05) is 18.9 Å². The number of hydrogen-bond donors (Lipinski definition) is 1. The van der Waals surface area contributed by atoms with Crippen LogP contribution in [0.3, 0.4) is 0 Å². The van der Waals surface area contributed by atoms with Gasteiger partial charge in [-0.3, -0.25) is 0 Å². The molecule has 9 heteroatoms. The van der Waals surface area contributed by atoms with Crippen molar-refractivity contribution in [2.24, 2.45) is 11.8 Å². The van der Waals surface area contributed by atoms with Crippen LogP contribution >= 0.6 is 11.8 Å². The molecular formula is C26H29FN6OS. The predicted molar refractivity (Wildman–Crippen MR) is 134 cm³/mol. The molecule has 0 amide bonds. The number of rotatable bonds is 6. The van der Waals surface area contributed by atoms with Crippen molar-refractivity contribution in [3.8, 4) is 28.3 Å². The summed E-state index contributed by atoms with van der Waals surface area (Å²) in [6.07, 6.45) is 11.9. The highest BCUT2D eigenvalue weighted by molar-refractivity contribution is 7.98. The largest absolute Gasteiger partial charge is 0.507 e. The van der Waals surface area contributed by atoms with Crippen LogP contribution in [0.25, 0.3) is 22.5 Å². The summed E-state index contributed by atoms with van der Waals surface area (Å²) >= 11 is 1.51. The first-order valence-electron chi connectivity index (χ1n) is 12.4. The van der Waals surface area contributed by atoms with Crippen LogP contribution in [0.15, 0.2) is 41.7 Å². The number of anilines is 1. The molecule has 182 valence electrons. The van der Waals surface area contributed by atoms with Gasteiger partial charge in [-0.2, -0.15) is 5.10 Å². The van der Waals surface area contributed by atoms with Gasteiger partial charge in [0, 0.05) is 11.6 Å². The Balaban J connectivity index is 1.25. The lowest BCUT2D eigenvalue weighted by molar-refractivity contribution is 0.0631. The normalized spacial score (nSPS) is 25.9. The van der Waals surface area contributed by atoms with Gasteiger partial charge < -0.3 is 10.0 Å². The first-order chi connectivity index (χ1) is 17.1. The molecule has 1 aromatic carbocycles. The van der Waals surface area contributed by atoms with E-state index in [9.17, 15) is 5.11 Å². The van der Waals surface area contributed by atoms with Crippen molar-refractivity contribution in [2.75, 3.05) is 11.2 Å². The van der Waals surface area contributed by atoms with E-state index in [4.69, 9.17) is 0 Å². The van der Waals surface area contributed by atoms with Crippen LogP contribution in [0.2, 0.25) is 0 Å². The molecule has 7 nitrogen and oxygen atoms in total. The number of aromatic hydroxyl groups is 1. The Bertz CT molecular complexity index is 1210. The summed E-state index contributed by atoms with van der Waals surface area (Å²) < 4.78 is 15.5. The monoisotopic (exact) mass is 492 g/mol. The number of thioether (sulfide) groups is 1. The van der Waals surface area contributed by atoms with Gasteiger partial charge in [0.05, 0.1) is 24.0 Å². The van der Waals surface area contributed by atoms with E-state index in [2.05, 4.69) is 30.3 Å². The number of hydrogen-bond acceptors (Lipinski definition) is 8. The third kappa shape index (κ3) is 4.46. The van der Waals surface area contributed by atoms with Crippen LogP contribution in [0.4, 0.5) is 10.2 Å². The predicted octanol–water partition coefficient (Wildman–Crippen LogP) is 5.31. The molecule has 4 atom stereocenters. The Labute approximate surface area is 208 Å². The second-order valence-electron chi connectivity index (χ2n) is 10.0. The van der Waals surface area contributed by atoms with E-state index >= 15 is 4.39 Å². The molecule has 2 aromatic heterocycles. The molecule has 2 heterocycles. The maximum atomic E-state index is 15.5. The van der Waals surface area contributed by atoms with Gasteiger partial charge >= 0.3 is 0 Å². The summed E-state index contributed by atoms with van der Waals surface area (Å²) in [5.41, 5.74) is 2.21. The first kappa shape index (κ1) is 22.6. The Kier molecular flexibility index (Phi) is 6.04. The number of halogens is 1. The summed E-state index contributed by atoms with van der Waals surface area (Å²) in [6.45, 7) is 0. The molecule has 0 spiro atoms. The van der Waals surface area contributed by atoms with E-state index in [0.29, 0.717) is 29.2 Å². The van der Waals surface area contributed by atoms with E-state index in [1.807, 2.05) is 18.4 Å². The van der Waals surface area contributed by atoms with Crippen molar-refractivity contribution in [3.63, 3.8) is 0 Å². The highest BCUT2D eigenvalue weighted by atomic mass is 32.2. The Morgan fingerprint density at radius 2 is 1.89 bits per heavy atom. The number of phenolic OH excluding ortho intramolecular Hbond substituents is 1. The summed E-state index contributed by atoms with van der Waals surface area (Å²) in [4.78, 5) is 6.71. The number of alkyl halides is 1. The van der Waals surface area contributed by atoms with Crippen LogP contribution in [0.1, 0.15) is 44.9 Å². The van der Waals surface area contributed by atoms with E-state index in [1.165, 1.54) is 18.2 Å². The molecule has 3 aliphatic rings. The van der Waals surface area contributed by atoms with Crippen molar-refractivity contribution in [1.29, 1.82) is 0 Å². The van der Waals surface area contributed by atoms with Crippen molar-refractivity contribution in [1.82, 2.24) is 25.4 Å². The SMILES string of the molecule is CSc1cc(-c2ccc(-c3ncc(N(C4CC4)[C@H]4C[C@@H]5CCC[C@@H](C5)[C@H]4F)nn3)c(O)c2)cnn1. The minimum absolute atomic E-state index is 0.0718. The zero-order valence-electron chi connectivity index (χ0n) is 19.7. The fourth-order valence-corrected chi connectivity index (χ4v) is 6.26. The molecule has 1 N–H and O–H groups in total. The minimum Gasteiger partial charge on any atom is -0.507 e. The third-order valence-corrected chi connectivity index (χ3v) is 8.36. The van der Waals surface area contributed by atoms with Crippen molar-refractivity contribution in [2.45, 2.75) is 68.2 Å². The second-order valence-corrected chi connectivity index (χ2v) is 10.9. The van der Waals surface area contributed by atoms with Crippen LogP contribution < -0.4 is 4.90 Å². The Morgan fingerprint density at radius 3 is 2.63 bits per heavy atom.